The number of hydrogen-bond acceptors (Lipinski definition) is 6. The molecule has 7 nitrogen and oxygen atoms in total. The van der Waals surface area contributed by atoms with Crippen LogP contribution in [0.1, 0.15) is 18.4 Å². The fourth-order valence-corrected chi connectivity index (χ4v) is 4.54. The van der Waals surface area contributed by atoms with E-state index in [0.717, 1.165) is 38.3 Å². The molecule has 1 aromatic heterocycles. The molecule has 1 fully saturated rings. The van der Waals surface area contributed by atoms with Gasteiger partial charge < -0.3 is 10.2 Å². The van der Waals surface area contributed by atoms with Gasteiger partial charge in [-0.3, -0.25) is 4.79 Å². The van der Waals surface area contributed by atoms with Crippen molar-refractivity contribution in [1.29, 1.82) is 0 Å². The van der Waals surface area contributed by atoms with Gasteiger partial charge in [0, 0.05) is 31.1 Å². The minimum Gasteiger partial charge on any atom is -0.352 e. The lowest BCUT2D eigenvalue weighted by Gasteiger charge is -2.32. The molecule has 8 heteroatoms. The summed E-state index contributed by atoms with van der Waals surface area (Å²) in [4.78, 5) is 16.0. The monoisotopic (exact) mass is 344 g/mol. The maximum absolute atomic E-state index is 12.6. The van der Waals surface area contributed by atoms with E-state index in [9.17, 15) is 4.79 Å². The predicted molar refractivity (Wildman–Crippen MR) is 92.0 cm³/mol. The summed E-state index contributed by atoms with van der Waals surface area (Å²) in [7, 11) is 1.85. The summed E-state index contributed by atoms with van der Waals surface area (Å²) in [6, 6.07) is 8.52. The third-order valence-corrected chi connectivity index (χ3v) is 5.98. The molecule has 0 aliphatic carbocycles. The van der Waals surface area contributed by atoms with E-state index in [1.807, 2.05) is 19.2 Å². The summed E-state index contributed by atoms with van der Waals surface area (Å²) in [5, 5.41) is 14.8. The Morgan fingerprint density at radius 1 is 1.29 bits per heavy atom. The molecule has 2 aliphatic heterocycles. The molecule has 2 aliphatic rings. The Hall–Kier alpha value is -2.09. The van der Waals surface area contributed by atoms with Crippen molar-refractivity contribution in [2.75, 3.05) is 18.0 Å². The molecule has 0 saturated carbocycles. The highest BCUT2D eigenvalue weighted by Crippen LogP contribution is 2.36. The Bertz CT molecular complexity index is 715. The van der Waals surface area contributed by atoms with Crippen LogP contribution in [-0.2, 0) is 18.3 Å². The third-order valence-electron chi connectivity index (χ3n) is 4.66. The van der Waals surface area contributed by atoms with Gasteiger partial charge in [0.25, 0.3) is 0 Å². The molecule has 4 rings (SSSR count). The van der Waals surface area contributed by atoms with Gasteiger partial charge in [0.1, 0.15) is 0 Å². The number of thioether (sulfide) groups is 1. The van der Waals surface area contributed by atoms with Gasteiger partial charge in [-0.05, 0) is 41.3 Å². The lowest BCUT2D eigenvalue weighted by Crippen LogP contribution is -2.47. The number of tetrazole rings is 1. The van der Waals surface area contributed by atoms with Crippen LogP contribution < -0.4 is 10.2 Å². The standard InChI is InChI=1S/C16H20N6OS/c1-21-16(18-19-20-21)22-8-6-12(7-9-22)17-15(23)14-10-11-4-2-3-5-13(11)24-14/h2-5,12,14H,6-10H2,1H3,(H,17,23). The van der Waals surface area contributed by atoms with Gasteiger partial charge in [-0.25, -0.2) is 4.68 Å². The molecule has 1 aromatic carbocycles. The van der Waals surface area contributed by atoms with Crippen LogP contribution in [0.25, 0.3) is 0 Å². The van der Waals surface area contributed by atoms with Crippen molar-refractivity contribution < 1.29 is 4.79 Å². The molecule has 0 bridgehead atoms. The summed E-state index contributed by atoms with van der Waals surface area (Å²) in [6.45, 7) is 1.72. The highest BCUT2D eigenvalue weighted by molar-refractivity contribution is 8.01. The highest BCUT2D eigenvalue weighted by atomic mass is 32.2. The van der Waals surface area contributed by atoms with Gasteiger partial charge in [0.15, 0.2) is 0 Å². The second-order valence-electron chi connectivity index (χ2n) is 6.29. The van der Waals surface area contributed by atoms with Crippen LogP contribution in [0.15, 0.2) is 29.2 Å². The molecule has 24 heavy (non-hydrogen) atoms. The number of amides is 1. The number of carbonyl (C=O) groups is 1. The predicted octanol–water partition coefficient (Wildman–Crippen LogP) is 1.01. The zero-order chi connectivity index (χ0) is 16.5. The van der Waals surface area contributed by atoms with Crippen molar-refractivity contribution >= 4 is 23.6 Å². The second kappa shape index (κ2) is 6.43. The van der Waals surface area contributed by atoms with Crippen LogP contribution in [0.5, 0.6) is 0 Å². The van der Waals surface area contributed by atoms with Crippen molar-refractivity contribution in [1.82, 2.24) is 25.5 Å². The lowest BCUT2D eigenvalue weighted by molar-refractivity contribution is -0.121. The van der Waals surface area contributed by atoms with Crippen LogP contribution in [0.2, 0.25) is 0 Å². The normalized spacial score (nSPS) is 20.9. The van der Waals surface area contributed by atoms with E-state index in [0.29, 0.717) is 0 Å². The second-order valence-corrected chi connectivity index (χ2v) is 7.54. The van der Waals surface area contributed by atoms with E-state index in [1.54, 1.807) is 16.4 Å². The first kappa shape index (κ1) is 15.4. The van der Waals surface area contributed by atoms with Crippen molar-refractivity contribution in [2.45, 2.75) is 35.4 Å². The number of carbonyl (C=O) groups excluding carboxylic acids is 1. The number of piperidine rings is 1. The molecule has 1 N–H and O–H groups in total. The van der Waals surface area contributed by atoms with Crippen LogP contribution in [0, 0.1) is 0 Å². The fourth-order valence-electron chi connectivity index (χ4n) is 3.34. The minimum absolute atomic E-state index is 0.00312. The number of aryl methyl sites for hydroxylation is 1. The lowest BCUT2D eigenvalue weighted by atomic mass is 10.0. The number of fused-ring (bicyclic) bond motifs is 1. The van der Waals surface area contributed by atoms with Crippen molar-refractivity contribution in [3.63, 3.8) is 0 Å². The van der Waals surface area contributed by atoms with Gasteiger partial charge >= 0.3 is 0 Å². The minimum atomic E-state index is 0.00312. The fraction of sp³-hybridized carbons (Fsp3) is 0.500. The molecule has 0 radical (unpaired) electrons. The molecule has 1 atom stereocenters. The molecule has 0 spiro atoms. The quantitative estimate of drug-likeness (QED) is 0.896. The van der Waals surface area contributed by atoms with Crippen molar-refractivity contribution in [2.24, 2.45) is 7.05 Å². The van der Waals surface area contributed by atoms with E-state index in [1.165, 1.54) is 10.5 Å². The smallest absolute Gasteiger partial charge is 0.245 e. The number of anilines is 1. The zero-order valence-corrected chi connectivity index (χ0v) is 14.4. The van der Waals surface area contributed by atoms with Gasteiger partial charge in [-0.15, -0.1) is 11.8 Å². The van der Waals surface area contributed by atoms with E-state index in [2.05, 4.69) is 37.9 Å². The van der Waals surface area contributed by atoms with Gasteiger partial charge in [0.2, 0.25) is 11.9 Å². The van der Waals surface area contributed by atoms with Crippen LogP contribution >= 0.6 is 11.8 Å². The molecule has 1 amide bonds. The number of hydrogen-bond donors (Lipinski definition) is 1. The molecule has 3 heterocycles. The summed E-state index contributed by atoms with van der Waals surface area (Å²) in [6.07, 6.45) is 2.67. The van der Waals surface area contributed by atoms with E-state index in [-0.39, 0.29) is 17.2 Å². The number of rotatable bonds is 3. The first-order chi connectivity index (χ1) is 11.7. The Balaban J connectivity index is 1.30. The van der Waals surface area contributed by atoms with Crippen LogP contribution in [-0.4, -0.2) is 50.5 Å². The Labute approximate surface area is 144 Å². The van der Waals surface area contributed by atoms with E-state index < -0.39 is 0 Å². The van der Waals surface area contributed by atoms with Crippen LogP contribution in [0.3, 0.4) is 0 Å². The molecule has 1 saturated heterocycles. The SMILES string of the molecule is Cn1nnnc1N1CCC(NC(=O)C2Cc3ccccc3S2)CC1. The molecule has 126 valence electrons. The first-order valence-corrected chi connectivity index (χ1v) is 9.11. The van der Waals surface area contributed by atoms with Gasteiger partial charge in [0.05, 0.1) is 5.25 Å². The van der Waals surface area contributed by atoms with Gasteiger partial charge in [-0.2, -0.15) is 0 Å². The maximum Gasteiger partial charge on any atom is 0.245 e. The first-order valence-electron chi connectivity index (χ1n) is 8.23. The number of nitrogens with one attached hydrogen (secondary N) is 1. The summed E-state index contributed by atoms with van der Waals surface area (Å²) in [5.74, 6) is 0.955. The molecule has 1 unspecified atom stereocenters. The van der Waals surface area contributed by atoms with Crippen LogP contribution in [0.4, 0.5) is 5.95 Å². The molecular weight excluding hydrogens is 324 g/mol. The number of nitrogens with zero attached hydrogens (tertiary/aromatic N) is 5. The number of benzene rings is 1. The Morgan fingerprint density at radius 2 is 2.08 bits per heavy atom. The zero-order valence-electron chi connectivity index (χ0n) is 13.6. The highest BCUT2D eigenvalue weighted by Gasteiger charge is 2.30. The van der Waals surface area contributed by atoms with Crippen molar-refractivity contribution in [3.8, 4) is 0 Å². The summed E-state index contributed by atoms with van der Waals surface area (Å²) >= 11 is 1.68. The van der Waals surface area contributed by atoms with E-state index in [4.69, 9.17) is 0 Å². The Kier molecular flexibility index (Phi) is 4.13. The molecular formula is C16H20N6OS. The largest absolute Gasteiger partial charge is 0.352 e. The third kappa shape index (κ3) is 2.98. The van der Waals surface area contributed by atoms with E-state index >= 15 is 0 Å². The maximum atomic E-state index is 12.6. The van der Waals surface area contributed by atoms with Crippen molar-refractivity contribution in [3.05, 3.63) is 29.8 Å². The average molecular weight is 344 g/mol. The average Bonchev–Trinajstić information content (AvgIpc) is 3.21. The number of aromatic nitrogens is 4. The Morgan fingerprint density at radius 3 is 2.79 bits per heavy atom. The summed E-state index contributed by atoms with van der Waals surface area (Å²) in [5.41, 5.74) is 1.28. The molecule has 2 aromatic rings. The van der Waals surface area contributed by atoms with Gasteiger partial charge in [-0.1, -0.05) is 23.3 Å². The topological polar surface area (TPSA) is 75.9 Å². The summed E-state index contributed by atoms with van der Waals surface area (Å²) < 4.78 is 1.69.